The minimum absolute atomic E-state index is 0. The predicted molar refractivity (Wildman–Crippen MR) is 93.3 cm³/mol. The van der Waals surface area contributed by atoms with E-state index in [0.29, 0.717) is 0 Å². The summed E-state index contributed by atoms with van der Waals surface area (Å²) in [5.74, 6) is 0. The van der Waals surface area contributed by atoms with Gasteiger partial charge in [0, 0.05) is 0 Å². The van der Waals surface area contributed by atoms with Gasteiger partial charge >= 0.3 is 93.0 Å². The number of nitrogens with zero attached hydrogens (tertiary/aromatic N) is 9. The normalized spacial score (nSPS) is 5.40. The molecule has 0 aromatic heterocycles. The molecule has 36 nitrogen and oxygen atoms in total. The fraction of sp³-hybridized carbons (Fsp3) is 0. The molecule has 40 heteroatoms. The van der Waals surface area contributed by atoms with Crippen LogP contribution in [-0.2, 0) is 51.2 Å². The smallest absolute Gasteiger partial charge is 0.356 e. The van der Waals surface area contributed by atoms with E-state index in [9.17, 15) is 0 Å². The van der Waals surface area contributed by atoms with E-state index in [1.807, 2.05) is 0 Å². The Hall–Kier alpha value is -4.26. The molecule has 0 fully saturated rings. The molecule has 3 radical (unpaired) electrons. The maximum atomic E-state index is 8.25. The summed E-state index contributed by atoms with van der Waals surface area (Å²) in [6, 6.07) is 0. The summed E-state index contributed by atoms with van der Waals surface area (Å²) in [5, 5.41) is 133. The van der Waals surface area contributed by atoms with E-state index < -0.39 is 45.8 Å². The average molecular weight is 872 g/mol. The molecule has 0 saturated carbocycles. The first-order valence-corrected chi connectivity index (χ1v) is 4.93. The van der Waals surface area contributed by atoms with Gasteiger partial charge < -0.3 is 138 Å². The molecule has 0 atom stereocenters. The Balaban J connectivity index is -0.0000000184. The molecule has 0 heterocycles. The van der Waals surface area contributed by atoms with Gasteiger partial charge in [-0.25, -0.2) is 0 Å². The fourth-order valence-electron chi connectivity index (χ4n) is 0. The molecule has 40 heavy (non-hydrogen) atoms. The predicted octanol–water partition coefficient (Wildman–Crippen LogP) is -2.16. The molecule has 0 aromatic carbocycles. The van der Waals surface area contributed by atoms with Gasteiger partial charge in [-0.3, -0.25) is 0 Å². The molecule has 0 N–H and O–H groups in total. The van der Waals surface area contributed by atoms with E-state index in [0.717, 1.165) is 0 Å². The van der Waals surface area contributed by atoms with Crippen LogP contribution < -0.4 is 0 Å². The number of hydrogen-bond acceptors (Lipinski definition) is 27. The van der Waals surface area contributed by atoms with Crippen molar-refractivity contribution in [1.82, 2.24) is 0 Å². The third-order valence-corrected chi connectivity index (χ3v) is 0. The van der Waals surface area contributed by atoms with Crippen molar-refractivity contribution in [3.8, 4) is 0 Å². The van der Waals surface area contributed by atoms with Gasteiger partial charge in [0.25, 0.3) is 0 Å². The van der Waals surface area contributed by atoms with Crippen molar-refractivity contribution in [2.75, 3.05) is 0 Å². The maximum Gasteiger partial charge on any atom is 3.00 e. The zero-order valence-electron chi connectivity index (χ0n) is 16.6. The second-order valence-electron chi connectivity index (χ2n) is 2.01. The van der Waals surface area contributed by atoms with Crippen molar-refractivity contribution in [3.63, 3.8) is 0 Å². The molecule has 0 aliphatic carbocycles. The number of hydrogen-bond donors (Lipinski definition) is 0. The largest absolute Gasteiger partial charge is 3.00 e. The van der Waals surface area contributed by atoms with Gasteiger partial charge in [0.2, 0.25) is 0 Å². The van der Waals surface area contributed by atoms with Crippen molar-refractivity contribution >= 4 is 0 Å². The minimum Gasteiger partial charge on any atom is -0.356 e. The zero-order valence-corrected chi connectivity index (χ0v) is 22.9. The fourth-order valence-corrected chi connectivity index (χ4v) is 0. The summed E-state index contributed by atoms with van der Waals surface area (Å²) in [4.78, 5) is 74.2. The van der Waals surface area contributed by atoms with Crippen LogP contribution in [0.2, 0.25) is 0 Å². The van der Waals surface area contributed by atoms with Gasteiger partial charge in [0.1, 0.15) is 0 Å². The standard InChI is InChI=1S/Ce.Cu.Fe.Mn.9NO3/c;;;;9*2-1(3)4/q+3;3*+2;9*-1. The molecule has 0 saturated heterocycles. The van der Waals surface area contributed by atoms with E-state index in [4.69, 9.17) is 138 Å². The van der Waals surface area contributed by atoms with Gasteiger partial charge in [-0.2, -0.15) is 0 Å². The first kappa shape index (κ1) is 83.4. The van der Waals surface area contributed by atoms with Crippen molar-refractivity contribution in [2.45, 2.75) is 0 Å². The second-order valence-corrected chi connectivity index (χ2v) is 2.01. The Bertz CT molecular complexity index is 434. The van der Waals surface area contributed by atoms with E-state index in [2.05, 4.69) is 0 Å². The first-order valence-electron chi connectivity index (χ1n) is 4.93. The van der Waals surface area contributed by atoms with Crippen LogP contribution in [0.3, 0.4) is 0 Å². The Kier molecular flexibility index (Phi) is 159. The number of rotatable bonds is 0. The Morgan fingerprint density at radius 2 is 0.250 bits per heavy atom. The van der Waals surface area contributed by atoms with Crippen LogP contribution in [-0.4, -0.2) is 45.8 Å². The Labute approximate surface area is 275 Å². The molecule has 0 bridgehead atoms. The van der Waals surface area contributed by atoms with Crippen molar-refractivity contribution in [3.05, 3.63) is 138 Å². The Morgan fingerprint density at radius 3 is 0.250 bits per heavy atom. The van der Waals surface area contributed by atoms with E-state index in [1.165, 1.54) is 0 Å². The van der Waals surface area contributed by atoms with Crippen LogP contribution in [0.15, 0.2) is 0 Å². The van der Waals surface area contributed by atoms with Crippen LogP contribution in [0.4, 0.5) is 0 Å². The SMILES string of the molecule is O=[N+]([O-])[O-].O=[N+]([O-])[O-].O=[N+]([O-])[O-].O=[N+]([O-])[O-].O=[N+]([O-])[O-].O=[N+]([O-])[O-].O=[N+]([O-])[O-].O=[N+]([O-])[O-].O=[N+]([O-])[O-].[Ce+3].[Cu+2].[Fe+2].[Mn+2]. The van der Waals surface area contributed by atoms with Crippen LogP contribution in [0.25, 0.3) is 0 Å². The average Bonchev–Trinajstić information content (AvgIpc) is 2.39. The van der Waals surface area contributed by atoms with Crippen LogP contribution in [0.5, 0.6) is 0 Å². The van der Waals surface area contributed by atoms with Gasteiger partial charge in [-0.15, -0.1) is 0 Å². The van der Waals surface area contributed by atoms with E-state index in [-0.39, 0.29) is 93.0 Å². The molecule has 0 unspecified atom stereocenters. The summed E-state index contributed by atoms with van der Waals surface area (Å²) in [6.45, 7) is 0. The van der Waals surface area contributed by atoms with Gasteiger partial charge in [-0.1, -0.05) is 0 Å². The molecule has 0 rings (SSSR count). The molecule has 237 valence electrons. The summed E-state index contributed by atoms with van der Waals surface area (Å²) < 4.78 is 0. The van der Waals surface area contributed by atoms with Crippen LogP contribution in [0, 0.1) is 180 Å². The van der Waals surface area contributed by atoms with Gasteiger partial charge in [0.15, 0.2) is 0 Å². The van der Waals surface area contributed by atoms with Crippen molar-refractivity contribution in [2.24, 2.45) is 0 Å². The summed E-state index contributed by atoms with van der Waals surface area (Å²) in [6.07, 6.45) is 0. The van der Waals surface area contributed by atoms with Gasteiger partial charge in [0.05, 0.1) is 45.8 Å². The molecular formula is CeCuFeMnN9O27. The summed E-state index contributed by atoms with van der Waals surface area (Å²) in [5.41, 5.74) is 0. The molecular weight excluding hydrogens is 872 g/mol. The summed E-state index contributed by atoms with van der Waals surface area (Å²) in [7, 11) is 0. The Morgan fingerprint density at radius 1 is 0.250 bits per heavy atom. The molecule has 0 aliphatic rings. The third-order valence-electron chi connectivity index (χ3n) is 0. The van der Waals surface area contributed by atoms with E-state index in [1.54, 1.807) is 0 Å². The third kappa shape index (κ3) is 1990. The minimum atomic E-state index is -1.75. The molecule has 0 aromatic rings. The van der Waals surface area contributed by atoms with Crippen molar-refractivity contribution < 1.29 is 139 Å². The van der Waals surface area contributed by atoms with Crippen molar-refractivity contribution in [1.29, 1.82) is 0 Å². The van der Waals surface area contributed by atoms with Crippen LogP contribution in [0.1, 0.15) is 0 Å². The topological polar surface area (TPSA) is 596 Å². The zero-order chi connectivity index (χ0) is 32.2. The molecule has 0 spiro atoms. The first-order chi connectivity index (χ1) is 15.6. The summed E-state index contributed by atoms with van der Waals surface area (Å²) >= 11 is 0. The quantitative estimate of drug-likeness (QED) is 0.142. The molecule has 0 amide bonds. The van der Waals surface area contributed by atoms with Gasteiger partial charge in [-0.05, 0) is 0 Å². The maximum absolute atomic E-state index is 8.25. The monoisotopic (exact) mass is 872 g/mol. The van der Waals surface area contributed by atoms with Crippen LogP contribution >= 0.6 is 0 Å². The molecule has 0 aliphatic heterocycles. The van der Waals surface area contributed by atoms with E-state index >= 15 is 0 Å². The second kappa shape index (κ2) is 76.5.